The number of alkyl halides is 2. The van der Waals surface area contributed by atoms with Gasteiger partial charge in [-0.15, -0.1) is 0 Å². The number of nitrogens with two attached hydrogens (primary N) is 1. The summed E-state index contributed by atoms with van der Waals surface area (Å²) in [4.78, 5) is 97.5. The van der Waals surface area contributed by atoms with Crippen LogP contribution in [0, 0.1) is 5.41 Å². The van der Waals surface area contributed by atoms with Crippen molar-refractivity contribution in [3.63, 3.8) is 0 Å². The lowest BCUT2D eigenvalue weighted by Gasteiger charge is -2.30. The number of halogens is 2. The number of ether oxygens (including phenoxy) is 1. The zero-order chi connectivity index (χ0) is 42.2. The maximum absolute atomic E-state index is 13.3. The van der Waals surface area contributed by atoms with Crippen molar-refractivity contribution in [2.24, 2.45) is 5.41 Å². The average Bonchev–Trinajstić information content (AvgIpc) is 3.67. The Balaban J connectivity index is 1.49. The summed E-state index contributed by atoms with van der Waals surface area (Å²) in [6.45, 7) is -1.88. The Morgan fingerprint density at radius 1 is 1.07 bits per heavy atom. The van der Waals surface area contributed by atoms with E-state index in [9.17, 15) is 71.4 Å². The number of aliphatic hydroxyl groups excluding tert-OH is 2. The molecule has 2 amide bonds. The van der Waals surface area contributed by atoms with Crippen LogP contribution in [-0.2, 0) is 55.5 Å². The standard InChI is InChI=1S/C25H38F2N7O18P3S/c1-25(2,19(38)22(39)30-4-3-14(36)29-5-6-56-24(40)15(27)12(35)7-26)9-49-55(46,47)52-54(44,45)48-8-13-18(51-53(41,42)43)17(37)23(50-13)34-11-33-16-20(28)31-10-32-21(16)34/h10-11,13,15,17-19,23,37-38H,3-9H2,1-2H3,(H,29,36)(H,30,39)(H,44,45)(H,46,47)(H2,28,31,32)(H2,41,42,43)/t13-,15?,17-,18-,19+,23-/m1/s1. The largest absolute Gasteiger partial charge is 0.481 e. The SMILES string of the molecule is CC(C)(COP(=O)(O)OP(=O)(O)OC[C@H]1O[C@@H](n2cnc3c(N)ncnc32)[C@H](O)[C@@H]1OP(=O)(O)O)[C@@H](O)C(=O)NCCC(=O)NCCSC(=O)C(F)C(=O)CF. The number of nitrogen functional groups attached to an aromatic ring is 1. The number of rotatable bonds is 22. The van der Waals surface area contributed by atoms with Crippen molar-refractivity contribution < 1.29 is 94.1 Å². The third-order valence-electron chi connectivity index (χ3n) is 7.37. The van der Waals surface area contributed by atoms with Gasteiger partial charge >= 0.3 is 23.5 Å². The summed E-state index contributed by atoms with van der Waals surface area (Å²) in [5.74, 6) is -3.45. The Morgan fingerprint density at radius 3 is 2.38 bits per heavy atom. The molecule has 0 spiro atoms. The second-order valence-corrected chi connectivity index (χ2v) is 17.5. The number of carbonyl (C=O) groups excluding carboxylic acids is 4. The van der Waals surface area contributed by atoms with Gasteiger partial charge in [-0.3, -0.25) is 37.3 Å². The van der Waals surface area contributed by atoms with Gasteiger partial charge < -0.3 is 50.9 Å². The number of anilines is 1. The fraction of sp³-hybridized carbons (Fsp3) is 0.640. The Labute approximate surface area is 318 Å². The summed E-state index contributed by atoms with van der Waals surface area (Å²) in [6.07, 6.45) is -9.95. The molecule has 8 atom stereocenters. The van der Waals surface area contributed by atoms with Gasteiger partial charge in [0.2, 0.25) is 28.9 Å². The lowest BCUT2D eigenvalue weighted by Crippen LogP contribution is -2.46. The van der Waals surface area contributed by atoms with Crippen LogP contribution in [0.15, 0.2) is 12.7 Å². The van der Waals surface area contributed by atoms with Crippen LogP contribution in [0.4, 0.5) is 14.6 Å². The smallest absolute Gasteiger partial charge is 0.386 e. The van der Waals surface area contributed by atoms with Crippen LogP contribution in [-0.4, -0.2) is 141 Å². The number of phosphoric acid groups is 3. The van der Waals surface area contributed by atoms with E-state index in [1.807, 2.05) is 0 Å². The van der Waals surface area contributed by atoms with E-state index in [1.165, 1.54) is 13.8 Å². The topological polar surface area (TPSA) is 381 Å². The number of hydrogen-bond donors (Lipinski definition) is 9. The van der Waals surface area contributed by atoms with Crippen LogP contribution in [0.1, 0.15) is 26.5 Å². The zero-order valence-corrected chi connectivity index (χ0v) is 32.5. The first-order chi connectivity index (χ1) is 25.9. The number of ketones is 1. The van der Waals surface area contributed by atoms with Crippen LogP contribution in [0.2, 0.25) is 0 Å². The number of thioether (sulfide) groups is 1. The van der Waals surface area contributed by atoms with Gasteiger partial charge in [0.25, 0.3) is 0 Å². The number of aliphatic hydroxyl groups is 2. The highest BCUT2D eigenvalue weighted by atomic mass is 32.2. The van der Waals surface area contributed by atoms with Gasteiger partial charge in [0.15, 0.2) is 24.4 Å². The van der Waals surface area contributed by atoms with E-state index in [-0.39, 0.29) is 42.2 Å². The molecule has 1 aliphatic heterocycles. The fourth-order valence-corrected chi connectivity index (χ4v) is 8.07. The summed E-state index contributed by atoms with van der Waals surface area (Å²) in [5, 5.41) is 24.7. The second kappa shape index (κ2) is 19.7. The van der Waals surface area contributed by atoms with Crippen molar-refractivity contribution in [3.05, 3.63) is 12.7 Å². The molecule has 2 aromatic heterocycles. The molecule has 0 bridgehead atoms. The molecule has 3 rings (SSSR count). The van der Waals surface area contributed by atoms with Crippen molar-refractivity contribution >= 4 is 74.9 Å². The van der Waals surface area contributed by atoms with E-state index in [1.54, 1.807) is 0 Å². The van der Waals surface area contributed by atoms with Crippen LogP contribution < -0.4 is 16.4 Å². The lowest BCUT2D eigenvalue weighted by molar-refractivity contribution is -0.137. The van der Waals surface area contributed by atoms with Gasteiger partial charge in [0, 0.05) is 30.7 Å². The minimum atomic E-state index is -5.61. The molecule has 1 aliphatic rings. The molecule has 1 saturated heterocycles. The Hall–Kier alpha value is -2.91. The van der Waals surface area contributed by atoms with Crippen LogP contribution in [0.5, 0.6) is 0 Å². The molecule has 0 radical (unpaired) electrons. The summed E-state index contributed by atoms with van der Waals surface area (Å²) in [7, 11) is -16.5. The van der Waals surface area contributed by atoms with Gasteiger partial charge in [-0.1, -0.05) is 25.6 Å². The number of nitrogens with one attached hydrogen (secondary N) is 2. The van der Waals surface area contributed by atoms with Crippen LogP contribution >= 0.6 is 35.2 Å². The third kappa shape index (κ3) is 13.6. The van der Waals surface area contributed by atoms with Gasteiger partial charge in [-0.25, -0.2) is 37.4 Å². The first-order valence-electron chi connectivity index (χ1n) is 15.7. The Morgan fingerprint density at radius 2 is 1.73 bits per heavy atom. The predicted octanol–water partition coefficient (Wildman–Crippen LogP) is -1.46. The molecule has 0 aromatic carbocycles. The monoisotopic (exact) mass is 887 g/mol. The molecule has 3 unspecified atom stereocenters. The summed E-state index contributed by atoms with van der Waals surface area (Å²) in [5.41, 5.74) is 4.12. The van der Waals surface area contributed by atoms with Gasteiger partial charge in [-0.05, 0) is 0 Å². The highest BCUT2D eigenvalue weighted by Gasteiger charge is 2.50. The zero-order valence-electron chi connectivity index (χ0n) is 29.0. The summed E-state index contributed by atoms with van der Waals surface area (Å²) in [6, 6.07) is 0. The first kappa shape index (κ1) is 47.5. The third-order valence-corrected chi connectivity index (χ3v) is 11.4. The highest BCUT2D eigenvalue weighted by molar-refractivity contribution is 8.13. The van der Waals surface area contributed by atoms with Crippen molar-refractivity contribution in [2.45, 2.75) is 57.1 Å². The summed E-state index contributed by atoms with van der Waals surface area (Å²) >= 11 is 0.360. The van der Waals surface area contributed by atoms with E-state index in [0.717, 1.165) is 17.2 Å². The number of phosphoric ester groups is 3. The second-order valence-electron chi connectivity index (χ2n) is 12.2. The number of nitrogens with zero attached hydrogens (tertiary/aromatic N) is 4. The maximum atomic E-state index is 13.3. The van der Waals surface area contributed by atoms with Crippen molar-refractivity contribution in [1.29, 1.82) is 0 Å². The van der Waals surface area contributed by atoms with Crippen molar-refractivity contribution in [1.82, 2.24) is 30.2 Å². The molecular formula is C25H38F2N7O18P3S. The molecule has 31 heteroatoms. The number of aromatic nitrogens is 4. The number of amides is 2. The molecule has 56 heavy (non-hydrogen) atoms. The van der Waals surface area contributed by atoms with E-state index >= 15 is 0 Å². The molecule has 3 heterocycles. The molecule has 0 aliphatic carbocycles. The molecule has 10 N–H and O–H groups in total. The minimum Gasteiger partial charge on any atom is -0.386 e. The number of carbonyl (C=O) groups is 4. The summed E-state index contributed by atoms with van der Waals surface area (Å²) < 4.78 is 87.3. The Kier molecular flexibility index (Phi) is 16.7. The first-order valence-corrected chi connectivity index (χ1v) is 21.2. The van der Waals surface area contributed by atoms with Gasteiger partial charge in [0.05, 0.1) is 19.5 Å². The van der Waals surface area contributed by atoms with E-state index in [0.29, 0.717) is 11.8 Å². The van der Waals surface area contributed by atoms with Gasteiger partial charge in [-0.2, -0.15) is 4.31 Å². The normalized spacial score (nSPS) is 22.2. The van der Waals surface area contributed by atoms with Crippen molar-refractivity contribution in [2.75, 3.05) is 44.5 Å². The molecule has 25 nitrogen and oxygen atoms in total. The number of hydrogen-bond acceptors (Lipinski definition) is 19. The van der Waals surface area contributed by atoms with E-state index < -0.39 is 108 Å². The lowest BCUT2D eigenvalue weighted by atomic mass is 9.87. The molecule has 0 saturated carbocycles. The number of imidazole rings is 1. The fourth-order valence-electron chi connectivity index (χ4n) is 4.55. The van der Waals surface area contributed by atoms with E-state index in [2.05, 4.69) is 34.4 Å². The number of Topliss-reactive ketones (excluding diaryl/α,β-unsaturated/α-hetero) is 1. The number of fused-ring (bicyclic) bond motifs is 1. The molecular weight excluding hydrogens is 849 g/mol. The van der Waals surface area contributed by atoms with Crippen LogP contribution in [0.25, 0.3) is 11.2 Å². The van der Waals surface area contributed by atoms with Crippen LogP contribution in [0.3, 0.4) is 0 Å². The highest BCUT2D eigenvalue weighted by Crippen LogP contribution is 2.61. The molecule has 1 fully saturated rings. The molecule has 316 valence electrons. The maximum Gasteiger partial charge on any atom is 0.481 e. The minimum absolute atomic E-state index is 0.00751. The van der Waals surface area contributed by atoms with E-state index in [4.69, 9.17) is 19.5 Å². The van der Waals surface area contributed by atoms with Gasteiger partial charge in [0.1, 0.15) is 36.3 Å². The molecule has 2 aromatic rings. The predicted molar refractivity (Wildman–Crippen MR) is 183 cm³/mol. The Bertz CT molecular complexity index is 1890. The van der Waals surface area contributed by atoms with Crippen molar-refractivity contribution in [3.8, 4) is 0 Å². The average molecular weight is 888 g/mol. The quantitative estimate of drug-likeness (QED) is 0.0371.